The van der Waals surface area contributed by atoms with E-state index in [1.54, 1.807) is 18.2 Å². The van der Waals surface area contributed by atoms with Gasteiger partial charge in [0.1, 0.15) is 17.1 Å². The van der Waals surface area contributed by atoms with Gasteiger partial charge in [-0.05, 0) is 30.3 Å². The molecular formula is C15H11FN2O3. The van der Waals surface area contributed by atoms with Crippen molar-refractivity contribution in [2.45, 2.75) is 0 Å². The van der Waals surface area contributed by atoms with Crippen molar-refractivity contribution >= 4 is 11.5 Å². The summed E-state index contributed by atoms with van der Waals surface area (Å²) in [6, 6.07) is 10.5. The van der Waals surface area contributed by atoms with Crippen molar-refractivity contribution in [1.82, 2.24) is 9.61 Å². The number of hydrogen-bond acceptors (Lipinski definition) is 3. The second-order valence-electron chi connectivity index (χ2n) is 4.40. The lowest BCUT2D eigenvalue weighted by atomic mass is 10.1. The number of pyridine rings is 1. The van der Waals surface area contributed by atoms with Crippen LogP contribution in [0.15, 0.2) is 42.5 Å². The van der Waals surface area contributed by atoms with Gasteiger partial charge in [0.05, 0.1) is 12.6 Å². The second kappa shape index (κ2) is 4.90. The molecule has 0 aliphatic rings. The Labute approximate surface area is 119 Å². The van der Waals surface area contributed by atoms with Crippen molar-refractivity contribution in [3.63, 3.8) is 0 Å². The fourth-order valence-corrected chi connectivity index (χ4v) is 2.22. The van der Waals surface area contributed by atoms with Gasteiger partial charge in [-0.25, -0.2) is 9.18 Å². The largest absolute Gasteiger partial charge is 0.481 e. The van der Waals surface area contributed by atoms with Crippen molar-refractivity contribution in [1.29, 1.82) is 0 Å². The fourth-order valence-electron chi connectivity index (χ4n) is 2.22. The van der Waals surface area contributed by atoms with E-state index in [0.29, 0.717) is 17.0 Å². The number of methoxy groups -OCH3 is 1. The van der Waals surface area contributed by atoms with Gasteiger partial charge >= 0.3 is 5.97 Å². The Balaban J connectivity index is 2.34. The number of halogens is 1. The summed E-state index contributed by atoms with van der Waals surface area (Å²) in [5.74, 6) is -1.07. The minimum absolute atomic E-state index is 0.0560. The topological polar surface area (TPSA) is 63.8 Å². The van der Waals surface area contributed by atoms with Crippen LogP contribution in [0, 0.1) is 5.82 Å². The summed E-state index contributed by atoms with van der Waals surface area (Å²) >= 11 is 0. The van der Waals surface area contributed by atoms with Crippen molar-refractivity contribution in [3.05, 3.63) is 53.8 Å². The number of benzene rings is 1. The van der Waals surface area contributed by atoms with Crippen LogP contribution in [0.4, 0.5) is 4.39 Å². The highest BCUT2D eigenvalue weighted by molar-refractivity contribution is 6.02. The number of fused-ring (bicyclic) bond motifs is 1. The first-order chi connectivity index (χ1) is 10.1. The van der Waals surface area contributed by atoms with Crippen LogP contribution in [-0.2, 0) is 0 Å². The number of nitrogens with zero attached hydrogens (tertiary/aromatic N) is 2. The van der Waals surface area contributed by atoms with Gasteiger partial charge in [0.2, 0.25) is 5.88 Å². The molecule has 0 atom stereocenters. The van der Waals surface area contributed by atoms with Crippen LogP contribution in [0.3, 0.4) is 0 Å². The molecule has 5 nitrogen and oxygen atoms in total. The molecule has 0 spiro atoms. The molecule has 21 heavy (non-hydrogen) atoms. The predicted octanol–water partition coefficient (Wildman–Crippen LogP) is 2.85. The minimum atomic E-state index is -1.10. The Bertz CT molecular complexity index is 825. The van der Waals surface area contributed by atoms with Crippen molar-refractivity contribution in [3.8, 4) is 17.1 Å². The summed E-state index contributed by atoms with van der Waals surface area (Å²) in [4.78, 5) is 11.6. The molecule has 0 aliphatic carbocycles. The SMILES string of the molecule is COc1cccc2c(C(=O)O)c(-c3ccc(F)cc3)nn12. The lowest BCUT2D eigenvalue weighted by molar-refractivity contribution is 0.0700. The van der Waals surface area contributed by atoms with E-state index < -0.39 is 11.8 Å². The number of aromatic nitrogens is 2. The van der Waals surface area contributed by atoms with E-state index in [-0.39, 0.29) is 11.3 Å². The molecule has 6 heteroatoms. The summed E-state index contributed by atoms with van der Waals surface area (Å²) < 4.78 is 19.6. The normalized spacial score (nSPS) is 10.8. The molecule has 3 rings (SSSR count). The average molecular weight is 286 g/mol. The monoisotopic (exact) mass is 286 g/mol. The summed E-state index contributed by atoms with van der Waals surface area (Å²) in [6.07, 6.45) is 0. The first kappa shape index (κ1) is 13.1. The summed E-state index contributed by atoms with van der Waals surface area (Å²) in [5, 5.41) is 13.8. The van der Waals surface area contributed by atoms with Gasteiger partial charge in [-0.15, -0.1) is 0 Å². The van der Waals surface area contributed by atoms with Gasteiger partial charge in [-0.1, -0.05) is 6.07 Å². The third kappa shape index (κ3) is 2.10. The molecule has 106 valence electrons. The molecule has 0 fully saturated rings. The van der Waals surface area contributed by atoms with E-state index in [1.165, 1.54) is 35.9 Å². The van der Waals surface area contributed by atoms with E-state index in [9.17, 15) is 14.3 Å². The molecule has 0 radical (unpaired) electrons. The quantitative estimate of drug-likeness (QED) is 0.804. The van der Waals surface area contributed by atoms with Gasteiger partial charge < -0.3 is 9.84 Å². The van der Waals surface area contributed by atoms with Gasteiger partial charge in [0.25, 0.3) is 0 Å². The number of rotatable bonds is 3. The van der Waals surface area contributed by atoms with E-state index in [0.717, 1.165) is 0 Å². The maximum Gasteiger partial charge on any atom is 0.340 e. The molecule has 0 bridgehead atoms. The van der Waals surface area contributed by atoms with Crippen LogP contribution in [0.2, 0.25) is 0 Å². The Morgan fingerprint density at radius 1 is 1.24 bits per heavy atom. The van der Waals surface area contributed by atoms with Crippen LogP contribution in [-0.4, -0.2) is 27.8 Å². The van der Waals surface area contributed by atoms with Crippen LogP contribution in [0.1, 0.15) is 10.4 Å². The lowest BCUT2D eigenvalue weighted by Gasteiger charge is -2.01. The van der Waals surface area contributed by atoms with E-state index >= 15 is 0 Å². The third-order valence-electron chi connectivity index (χ3n) is 3.16. The van der Waals surface area contributed by atoms with Crippen LogP contribution in [0.5, 0.6) is 5.88 Å². The number of carboxylic acid groups (broad SMARTS) is 1. The number of carbonyl (C=O) groups is 1. The minimum Gasteiger partial charge on any atom is -0.481 e. The van der Waals surface area contributed by atoms with Crippen molar-refractivity contribution in [2.75, 3.05) is 7.11 Å². The predicted molar refractivity (Wildman–Crippen MR) is 74.1 cm³/mol. The maximum atomic E-state index is 13.0. The Hall–Kier alpha value is -2.89. The zero-order valence-electron chi connectivity index (χ0n) is 11.1. The van der Waals surface area contributed by atoms with Crippen LogP contribution in [0.25, 0.3) is 16.8 Å². The Morgan fingerprint density at radius 2 is 1.95 bits per heavy atom. The molecule has 0 saturated carbocycles. The standard InChI is InChI=1S/C15H11FN2O3/c1-21-12-4-2-3-11-13(15(19)20)14(17-18(11)12)9-5-7-10(16)8-6-9/h2-8H,1H3,(H,19,20). The maximum absolute atomic E-state index is 13.0. The molecular weight excluding hydrogens is 275 g/mol. The Kier molecular flexibility index (Phi) is 3.06. The Morgan fingerprint density at radius 3 is 2.57 bits per heavy atom. The van der Waals surface area contributed by atoms with Crippen molar-refractivity contribution in [2.24, 2.45) is 0 Å². The molecule has 0 amide bonds. The molecule has 2 aromatic heterocycles. The van der Waals surface area contributed by atoms with Crippen LogP contribution >= 0.6 is 0 Å². The third-order valence-corrected chi connectivity index (χ3v) is 3.16. The van der Waals surface area contributed by atoms with E-state index in [1.807, 2.05) is 0 Å². The molecule has 0 aliphatic heterocycles. The van der Waals surface area contributed by atoms with Crippen molar-refractivity contribution < 1.29 is 19.0 Å². The summed E-state index contributed by atoms with van der Waals surface area (Å²) in [5.41, 5.74) is 1.27. The number of carboxylic acids is 1. The van der Waals surface area contributed by atoms with E-state index in [4.69, 9.17) is 4.74 Å². The molecule has 3 aromatic rings. The zero-order valence-corrected chi connectivity index (χ0v) is 11.1. The number of hydrogen-bond donors (Lipinski definition) is 1. The van der Waals surface area contributed by atoms with Gasteiger partial charge in [0.15, 0.2) is 0 Å². The molecule has 0 saturated heterocycles. The highest BCUT2D eigenvalue weighted by Crippen LogP contribution is 2.28. The van der Waals surface area contributed by atoms with Gasteiger partial charge in [0, 0.05) is 11.6 Å². The lowest BCUT2D eigenvalue weighted by Crippen LogP contribution is -1.98. The number of ether oxygens (including phenoxy) is 1. The highest BCUT2D eigenvalue weighted by atomic mass is 19.1. The molecule has 1 aromatic carbocycles. The van der Waals surface area contributed by atoms with Gasteiger partial charge in [-0.2, -0.15) is 9.61 Å². The first-order valence-electron chi connectivity index (χ1n) is 6.17. The number of aromatic carboxylic acids is 1. The zero-order chi connectivity index (χ0) is 15.0. The highest BCUT2D eigenvalue weighted by Gasteiger charge is 2.21. The van der Waals surface area contributed by atoms with E-state index in [2.05, 4.69) is 5.10 Å². The van der Waals surface area contributed by atoms with Gasteiger partial charge in [-0.3, -0.25) is 0 Å². The fraction of sp³-hybridized carbons (Fsp3) is 0.0667. The molecule has 2 heterocycles. The smallest absolute Gasteiger partial charge is 0.340 e. The van der Waals surface area contributed by atoms with Crippen LogP contribution < -0.4 is 4.74 Å². The first-order valence-corrected chi connectivity index (χ1v) is 6.17. The molecule has 1 N–H and O–H groups in total. The second-order valence-corrected chi connectivity index (χ2v) is 4.40. The average Bonchev–Trinajstić information content (AvgIpc) is 2.87. The summed E-state index contributed by atoms with van der Waals surface area (Å²) in [6.45, 7) is 0. The summed E-state index contributed by atoms with van der Waals surface area (Å²) in [7, 11) is 1.48. The molecule has 0 unspecified atom stereocenters.